The summed E-state index contributed by atoms with van der Waals surface area (Å²) >= 11 is 0. The number of nitrogens with one attached hydrogen (secondary N) is 1. The van der Waals surface area contributed by atoms with E-state index < -0.39 is 11.6 Å². The Labute approximate surface area is 124 Å². The highest BCUT2D eigenvalue weighted by Gasteiger charge is 2.17. The van der Waals surface area contributed by atoms with Crippen LogP contribution in [-0.2, 0) is 6.42 Å². The van der Waals surface area contributed by atoms with Crippen molar-refractivity contribution in [3.8, 4) is 11.3 Å². The Balaban J connectivity index is 2.19. The zero-order valence-electron chi connectivity index (χ0n) is 12.7. The predicted octanol–water partition coefficient (Wildman–Crippen LogP) is 4.46. The van der Waals surface area contributed by atoms with Crippen molar-refractivity contribution in [2.45, 2.75) is 39.7 Å². The molecule has 0 saturated carbocycles. The lowest BCUT2D eigenvalue weighted by Gasteiger charge is -2.11. The van der Waals surface area contributed by atoms with Crippen molar-refractivity contribution in [1.29, 1.82) is 0 Å². The molecule has 0 aliphatic carbocycles. The third-order valence-corrected chi connectivity index (χ3v) is 3.44. The Kier molecular flexibility index (Phi) is 5.12. The highest BCUT2D eigenvalue weighted by molar-refractivity contribution is 5.60. The van der Waals surface area contributed by atoms with Crippen LogP contribution in [0.1, 0.15) is 31.6 Å². The maximum Gasteiger partial charge on any atom is 0.140 e. The molecule has 0 aliphatic heterocycles. The van der Waals surface area contributed by atoms with E-state index in [-0.39, 0.29) is 17.4 Å². The second kappa shape index (κ2) is 6.85. The van der Waals surface area contributed by atoms with E-state index in [1.165, 1.54) is 12.1 Å². The molecule has 21 heavy (non-hydrogen) atoms. The topological polar surface area (TPSA) is 25.2 Å². The normalized spacial score (nSPS) is 12.6. The minimum atomic E-state index is -0.601. The van der Waals surface area contributed by atoms with Crippen molar-refractivity contribution in [3.63, 3.8) is 0 Å². The molecule has 1 N–H and O–H groups in total. The molecule has 0 bridgehead atoms. The minimum absolute atomic E-state index is 0.0876. The van der Waals surface area contributed by atoms with Crippen LogP contribution in [0.4, 0.5) is 8.78 Å². The number of furan rings is 1. The molecule has 1 aromatic heterocycles. The van der Waals surface area contributed by atoms with Crippen molar-refractivity contribution < 1.29 is 13.2 Å². The van der Waals surface area contributed by atoms with Gasteiger partial charge in [-0.15, -0.1) is 0 Å². The minimum Gasteiger partial charge on any atom is -0.461 e. The zero-order chi connectivity index (χ0) is 15.4. The first kappa shape index (κ1) is 15.7. The fourth-order valence-electron chi connectivity index (χ4n) is 2.27. The summed E-state index contributed by atoms with van der Waals surface area (Å²) in [4.78, 5) is 0. The second-order valence-electron chi connectivity index (χ2n) is 5.38. The lowest BCUT2D eigenvalue weighted by Crippen LogP contribution is -2.28. The zero-order valence-corrected chi connectivity index (χ0v) is 12.7. The van der Waals surface area contributed by atoms with Gasteiger partial charge in [-0.05, 0) is 50.6 Å². The summed E-state index contributed by atoms with van der Waals surface area (Å²) in [5.74, 6) is -0.197. The molecule has 2 rings (SSSR count). The SMILES string of the molecule is CCCNC(C)Cc1ccc(-c2c(F)ccc(C)c2F)o1. The van der Waals surface area contributed by atoms with Crippen LogP contribution in [0.3, 0.4) is 0 Å². The van der Waals surface area contributed by atoms with Gasteiger partial charge in [-0.1, -0.05) is 13.0 Å². The number of benzene rings is 1. The molecule has 1 aromatic carbocycles. The predicted molar refractivity (Wildman–Crippen MR) is 80.3 cm³/mol. The summed E-state index contributed by atoms with van der Waals surface area (Å²) < 4.78 is 33.5. The van der Waals surface area contributed by atoms with Gasteiger partial charge in [-0.3, -0.25) is 0 Å². The van der Waals surface area contributed by atoms with Gasteiger partial charge >= 0.3 is 0 Å². The number of halogens is 2. The highest BCUT2D eigenvalue weighted by Crippen LogP contribution is 2.29. The Morgan fingerprint density at radius 2 is 1.95 bits per heavy atom. The van der Waals surface area contributed by atoms with Gasteiger partial charge in [0.05, 0.1) is 5.56 Å². The quantitative estimate of drug-likeness (QED) is 0.850. The standard InChI is InChI=1S/C17H21F2NO/c1-4-9-20-12(3)10-13-6-8-15(21-13)16-14(18)7-5-11(2)17(16)19/h5-8,12,20H,4,9-10H2,1-3H3. The van der Waals surface area contributed by atoms with Crippen LogP contribution in [0.25, 0.3) is 11.3 Å². The fraction of sp³-hybridized carbons (Fsp3) is 0.412. The summed E-state index contributed by atoms with van der Waals surface area (Å²) in [5, 5.41) is 3.35. The molecule has 1 heterocycles. The molecule has 0 aliphatic rings. The van der Waals surface area contributed by atoms with Crippen LogP contribution in [0.15, 0.2) is 28.7 Å². The maximum absolute atomic E-state index is 14.1. The van der Waals surface area contributed by atoms with Crippen LogP contribution in [0.2, 0.25) is 0 Å². The summed E-state index contributed by atoms with van der Waals surface area (Å²) in [5.41, 5.74) is 0.317. The van der Waals surface area contributed by atoms with Gasteiger partial charge in [0.15, 0.2) is 0 Å². The fourth-order valence-corrected chi connectivity index (χ4v) is 2.27. The average molecular weight is 293 g/mol. The van der Waals surface area contributed by atoms with Crippen molar-refractivity contribution in [2.75, 3.05) is 6.54 Å². The molecule has 0 spiro atoms. The van der Waals surface area contributed by atoms with E-state index in [4.69, 9.17) is 4.42 Å². The average Bonchev–Trinajstić information content (AvgIpc) is 2.89. The van der Waals surface area contributed by atoms with E-state index >= 15 is 0 Å². The van der Waals surface area contributed by atoms with Crippen molar-refractivity contribution in [1.82, 2.24) is 5.32 Å². The second-order valence-corrected chi connectivity index (χ2v) is 5.38. The Bertz CT molecular complexity index is 607. The Morgan fingerprint density at radius 1 is 1.19 bits per heavy atom. The van der Waals surface area contributed by atoms with E-state index in [2.05, 4.69) is 19.2 Å². The van der Waals surface area contributed by atoms with Gasteiger partial charge in [0.2, 0.25) is 0 Å². The smallest absolute Gasteiger partial charge is 0.140 e. The van der Waals surface area contributed by atoms with Crippen LogP contribution in [0, 0.1) is 18.6 Å². The molecular formula is C17H21F2NO. The molecule has 2 aromatic rings. The first-order valence-corrected chi connectivity index (χ1v) is 7.30. The third kappa shape index (κ3) is 3.70. The van der Waals surface area contributed by atoms with Gasteiger partial charge in [0.25, 0.3) is 0 Å². The largest absolute Gasteiger partial charge is 0.461 e. The van der Waals surface area contributed by atoms with E-state index in [1.54, 1.807) is 19.1 Å². The van der Waals surface area contributed by atoms with Crippen LogP contribution in [0.5, 0.6) is 0 Å². The lowest BCUT2D eigenvalue weighted by atomic mass is 10.1. The highest BCUT2D eigenvalue weighted by atomic mass is 19.1. The number of rotatable bonds is 6. The van der Waals surface area contributed by atoms with E-state index in [1.807, 2.05) is 0 Å². The number of hydrogen-bond donors (Lipinski definition) is 1. The first-order valence-electron chi connectivity index (χ1n) is 7.30. The summed E-state index contributed by atoms with van der Waals surface area (Å²) in [7, 11) is 0. The van der Waals surface area contributed by atoms with Gasteiger partial charge in [-0.2, -0.15) is 0 Å². The molecule has 0 amide bonds. The van der Waals surface area contributed by atoms with Crippen LogP contribution >= 0.6 is 0 Å². The molecule has 0 saturated heterocycles. The number of aryl methyl sites for hydroxylation is 1. The van der Waals surface area contributed by atoms with Gasteiger partial charge < -0.3 is 9.73 Å². The van der Waals surface area contributed by atoms with Crippen molar-refractivity contribution >= 4 is 0 Å². The molecule has 0 radical (unpaired) electrons. The molecule has 1 unspecified atom stereocenters. The number of hydrogen-bond acceptors (Lipinski definition) is 2. The summed E-state index contributed by atoms with van der Waals surface area (Å²) in [6.07, 6.45) is 1.75. The monoisotopic (exact) mass is 293 g/mol. The molecule has 114 valence electrons. The van der Waals surface area contributed by atoms with E-state index in [9.17, 15) is 8.78 Å². The van der Waals surface area contributed by atoms with Crippen LogP contribution < -0.4 is 5.32 Å². The summed E-state index contributed by atoms with van der Waals surface area (Å²) in [6, 6.07) is 6.36. The van der Waals surface area contributed by atoms with Gasteiger partial charge in [0, 0.05) is 12.5 Å². The molecule has 1 atom stereocenters. The van der Waals surface area contributed by atoms with Gasteiger partial charge in [-0.25, -0.2) is 8.78 Å². The molecule has 0 fully saturated rings. The third-order valence-electron chi connectivity index (χ3n) is 3.44. The lowest BCUT2D eigenvalue weighted by molar-refractivity contribution is 0.460. The Hall–Kier alpha value is -1.68. The first-order chi connectivity index (χ1) is 10.0. The Morgan fingerprint density at radius 3 is 2.67 bits per heavy atom. The molecular weight excluding hydrogens is 272 g/mol. The molecule has 2 nitrogen and oxygen atoms in total. The van der Waals surface area contributed by atoms with Crippen molar-refractivity contribution in [2.24, 2.45) is 0 Å². The van der Waals surface area contributed by atoms with E-state index in [0.29, 0.717) is 12.0 Å². The van der Waals surface area contributed by atoms with Crippen molar-refractivity contribution in [3.05, 3.63) is 47.2 Å². The maximum atomic E-state index is 14.1. The summed E-state index contributed by atoms with van der Waals surface area (Å²) in [6.45, 7) is 6.72. The molecule has 4 heteroatoms. The van der Waals surface area contributed by atoms with Crippen LogP contribution in [-0.4, -0.2) is 12.6 Å². The van der Waals surface area contributed by atoms with E-state index in [0.717, 1.165) is 18.7 Å². The van der Waals surface area contributed by atoms with Gasteiger partial charge in [0.1, 0.15) is 23.2 Å².